The summed E-state index contributed by atoms with van der Waals surface area (Å²) in [5, 5.41) is 14.4. The summed E-state index contributed by atoms with van der Waals surface area (Å²) in [5.74, 6) is -1.52. The fraction of sp³-hybridized carbons (Fsp3) is 0.257. The molecule has 0 aliphatic heterocycles. The van der Waals surface area contributed by atoms with Crippen molar-refractivity contribution in [3.63, 3.8) is 0 Å². The van der Waals surface area contributed by atoms with Gasteiger partial charge in [-0.1, -0.05) is 73.5 Å². The number of nitrogens with one attached hydrogen (secondary N) is 1. The van der Waals surface area contributed by atoms with Crippen molar-refractivity contribution in [3.05, 3.63) is 136 Å². The largest absolute Gasteiger partial charge is 0.352 e. The summed E-state index contributed by atoms with van der Waals surface area (Å²) in [5.41, 5.74) is 1.12. The third-order valence-corrected chi connectivity index (χ3v) is 9.99. The molecule has 4 aromatic rings. The predicted molar refractivity (Wildman–Crippen MR) is 175 cm³/mol. The van der Waals surface area contributed by atoms with Crippen LogP contribution in [0.15, 0.2) is 114 Å². The van der Waals surface area contributed by atoms with Gasteiger partial charge in [0.1, 0.15) is 18.4 Å². The molecule has 10 nitrogen and oxygen atoms in total. The highest BCUT2D eigenvalue weighted by Gasteiger charge is 2.35. The number of nitro groups is 1. The highest BCUT2D eigenvalue weighted by Crippen LogP contribution is 2.27. The molecule has 47 heavy (non-hydrogen) atoms. The molecule has 12 heteroatoms. The first-order valence-corrected chi connectivity index (χ1v) is 16.8. The van der Waals surface area contributed by atoms with E-state index in [0.717, 1.165) is 47.7 Å². The Balaban J connectivity index is 1.56. The van der Waals surface area contributed by atoms with Crippen molar-refractivity contribution in [1.29, 1.82) is 0 Å². The van der Waals surface area contributed by atoms with Crippen LogP contribution in [0.2, 0.25) is 0 Å². The minimum atomic E-state index is -4.35. The van der Waals surface area contributed by atoms with Crippen LogP contribution >= 0.6 is 0 Å². The molecule has 1 aliphatic carbocycles. The second-order valence-electron chi connectivity index (χ2n) is 11.4. The molecule has 5 rings (SSSR count). The molecule has 1 N–H and O–H groups in total. The van der Waals surface area contributed by atoms with E-state index in [-0.39, 0.29) is 41.2 Å². The van der Waals surface area contributed by atoms with E-state index in [1.54, 1.807) is 18.2 Å². The average molecular weight is 659 g/mol. The number of non-ortho nitro benzene ring substituents is 1. The van der Waals surface area contributed by atoms with Crippen molar-refractivity contribution in [2.75, 3.05) is 10.8 Å². The third-order valence-electron chi connectivity index (χ3n) is 8.20. The highest BCUT2D eigenvalue weighted by atomic mass is 32.2. The number of amides is 2. The van der Waals surface area contributed by atoms with Gasteiger partial charge >= 0.3 is 0 Å². The first kappa shape index (κ1) is 33.3. The van der Waals surface area contributed by atoms with Gasteiger partial charge in [-0.05, 0) is 60.4 Å². The molecule has 0 spiro atoms. The normalized spacial score (nSPS) is 13.9. The van der Waals surface area contributed by atoms with Crippen LogP contribution in [0.3, 0.4) is 0 Å². The molecule has 244 valence electrons. The Labute approximate surface area is 273 Å². The second kappa shape index (κ2) is 15.0. The average Bonchev–Trinajstić information content (AvgIpc) is 3.60. The molecule has 0 aromatic heterocycles. The van der Waals surface area contributed by atoms with E-state index >= 15 is 0 Å². The number of sulfonamides is 1. The Bertz CT molecular complexity index is 1780. The van der Waals surface area contributed by atoms with Gasteiger partial charge in [0.2, 0.25) is 11.8 Å². The molecule has 2 amide bonds. The van der Waals surface area contributed by atoms with Gasteiger partial charge in [0.25, 0.3) is 15.7 Å². The van der Waals surface area contributed by atoms with Gasteiger partial charge in [-0.25, -0.2) is 12.8 Å². The molecular weight excluding hydrogens is 623 g/mol. The summed E-state index contributed by atoms with van der Waals surface area (Å²) < 4.78 is 42.8. The number of benzene rings is 4. The van der Waals surface area contributed by atoms with Crippen LogP contribution in [0.4, 0.5) is 15.8 Å². The molecule has 0 heterocycles. The van der Waals surface area contributed by atoms with Crippen LogP contribution in [0.5, 0.6) is 0 Å². The summed E-state index contributed by atoms with van der Waals surface area (Å²) in [6, 6.07) is 26.1. The van der Waals surface area contributed by atoms with Crippen molar-refractivity contribution in [2.45, 2.75) is 55.6 Å². The van der Waals surface area contributed by atoms with Crippen molar-refractivity contribution in [1.82, 2.24) is 10.2 Å². The molecule has 4 aromatic carbocycles. The number of rotatable bonds is 13. The van der Waals surface area contributed by atoms with E-state index in [9.17, 15) is 32.5 Å². The van der Waals surface area contributed by atoms with Gasteiger partial charge < -0.3 is 10.2 Å². The Morgan fingerprint density at radius 2 is 1.45 bits per heavy atom. The van der Waals surface area contributed by atoms with Gasteiger partial charge in [0.15, 0.2) is 0 Å². The molecule has 1 saturated carbocycles. The van der Waals surface area contributed by atoms with E-state index in [4.69, 9.17) is 0 Å². The maximum Gasteiger partial charge on any atom is 0.269 e. The minimum Gasteiger partial charge on any atom is -0.352 e. The summed E-state index contributed by atoms with van der Waals surface area (Å²) in [7, 11) is -4.35. The van der Waals surface area contributed by atoms with Crippen molar-refractivity contribution < 1.29 is 27.3 Å². The maximum atomic E-state index is 14.5. The SMILES string of the molecule is O=C(NC1CCCC1)[C@@H](Cc1ccccc1)N(Cc1ccc(F)cc1)C(=O)CN(c1ccc([N+](=O)[O-])cc1)S(=O)(=O)c1ccccc1. The predicted octanol–water partition coefficient (Wildman–Crippen LogP) is 5.63. The monoisotopic (exact) mass is 658 g/mol. The summed E-state index contributed by atoms with van der Waals surface area (Å²) in [4.78, 5) is 40.5. The molecular formula is C35H35FN4O6S. The number of carbonyl (C=O) groups excluding carboxylic acids is 2. The van der Waals surface area contributed by atoms with Crippen LogP contribution in [-0.2, 0) is 32.6 Å². The summed E-state index contributed by atoms with van der Waals surface area (Å²) in [6.07, 6.45) is 3.75. The molecule has 0 saturated heterocycles. The van der Waals surface area contributed by atoms with Gasteiger partial charge in [-0.2, -0.15) is 0 Å². The maximum absolute atomic E-state index is 14.5. The number of hydrogen-bond acceptors (Lipinski definition) is 6. The van der Waals surface area contributed by atoms with Gasteiger partial charge in [0, 0.05) is 31.1 Å². The Hall–Kier alpha value is -5.10. The fourth-order valence-corrected chi connectivity index (χ4v) is 7.13. The third kappa shape index (κ3) is 8.39. The zero-order valence-electron chi connectivity index (χ0n) is 25.6. The van der Waals surface area contributed by atoms with Crippen molar-refractivity contribution in [3.8, 4) is 0 Å². The number of anilines is 1. The second-order valence-corrected chi connectivity index (χ2v) is 13.3. The zero-order chi connectivity index (χ0) is 33.4. The number of nitrogens with zero attached hydrogens (tertiary/aromatic N) is 3. The fourth-order valence-electron chi connectivity index (χ4n) is 5.70. The zero-order valence-corrected chi connectivity index (χ0v) is 26.4. The number of carbonyl (C=O) groups is 2. The van der Waals surface area contributed by atoms with Gasteiger partial charge in [-0.15, -0.1) is 0 Å². The highest BCUT2D eigenvalue weighted by molar-refractivity contribution is 7.92. The molecule has 1 fully saturated rings. The van der Waals surface area contributed by atoms with E-state index in [0.29, 0.717) is 5.56 Å². The Kier molecular flexibility index (Phi) is 10.6. The van der Waals surface area contributed by atoms with Gasteiger partial charge in [-0.3, -0.25) is 24.0 Å². The van der Waals surface area contributed by atoms with E-state index < -0.39 is 39.3 Å². The quantitative estimate of drug-likeness (QED) is 0.147. The summed E-state index contributed by atoms with van der Waals surface area (Å²) in [6.45, 7) is -0.813. The lowest BCUT2D eigenvalue weighted by Crippen LogP contribution is -2.54. The molecule has 0 radical (unpaired) electrons. The standard InChI is InChI=1S/C35H35FN4O6S/c36-28-17-15-27(16-18-28)24-38(33(23-26-9-3-1-4-10-26)35(42)37-29-11-7-8-12-29)34(41)25-39(30-19-21-31(22-20-30)40(43)44)47(45,46)32-13-5-2-6-14-32/h1-6,9-10,13-22,29,33H,7-8,11-12,23-25H2,(H,37,42)/t33-/m1/s1. The minimum absolute atomic E-state index is 0.0320. The lowest BCUT2D eigenvalue weighted by atomic mass is 10.0. The smallest absolute Gasteiger partial charge is 0.269 e. The van der Waals surface area contributed by atoms with E-state index in [2.05, 4.69) is 5.32 Å². The lowest BCUT2D eigenvalue weighted by molar-refractivity contribution is -0.384. The number of halogens is 1. The van der Waals surface area contributed by atoms with Crippen LogP contribution in [0.25, 0.3) is 0 Å². The van der Waals surface area contributed by atoms with E-state index in [1.807, 2.05) is 30.3 Å². The first-order valence-electron chi connectivity index (χ1n) is 15.3. The first-order chi connectivity index (χ1) is 22.6. The van der Waals surface area contributed by atoms with Crippen LogP contribution in [0.1, 0.15) is 36.8 Å². The lowest BCUT2D eigenvalue weighted by Gasteiger charge is -2.34. The van der Waals surface area contributed by atoms with E-state index in [1.165, 1.54) is 53.4 Å². The molecule has 1 atom stereocenters. The molecule has 1 aliphatic rings. The van der Waals surface area contributed by atoms with Crippen LogP contribution in [0, 0.1) is 15.9 Å². The van der Waals surface area contributed by atoms with Crippen LogP contribution in [-0.4, -0.2) is 48.7 Å². The van der Waals surface area contributed by atoms with Crippen molar-refractivity contribution in [2.24, 2.45) is 0 Å². The molecule has 0 unspecified atom stereocenters. The number of hydrogen-bond donors (Lipinski definition) is 1. The van der Waals surface area contributed by atoms with Crippen molar-refractivity contribution >= 4 is 33.2 Å². The number of nitro benzene ring substituents is 1. The summed E-state index contributed by atoms with van der Waals surface area (Å²) >= 11 is 0. The van der Waals surface area contributed by atoms with Crippen LogP contribution < -0.4 is 9.62 Å². The Morgan fingerprint density at radius 3 is 2.04 bits per heavy atom. The topological polar surface area (TPSA) is 130 Å². The molecule has 0 bridgehead atoms. The van der Waals surface area contributed by atoms with Gasteiger partial charge in [0.05, 0.1) is 15.5 Å². The Morgan fingerprint density at radius 1 is 0.851 bits per heavy atom.